The Kier molecular flexibility index (Phi) is 5.66. The van der Waals surface area contributed by atoms with E-state index in [2.05, 4.69) is 4.74 Å². The summed E-state index contributed by atoms with van der Waals surface area (Å²) < 4.78 is 46.4. The number of hydrogen-bond donors (Lipinski definition) is 1. The summed E-state index contributed by atoms with van der Waals surface area (Å²) >= 11 is 0. The third kappa shape index (κ3) is 5.24. The molecule has 0 fully saturated rings. The molecule has 0 heterocycles. The fourth-order valence-corrected chi connectivity index (χ4v) is 2.60. The van der Waals surface area contributed by atoms with Crippen molar-refractivity contribution >= 4 is 0 Å². The van der Waals surface area contributed by atoms with Gasteiger partial charge >= 0.3 is 6.36 Å². The van der Waals surface area contributed by atoms with E-state index < -0.39 is 12.5 Å². The van der Waals surface area contributed by atoms with Gasteiger partial charge in [0.25, 0.3) is 0 Å². The lowest BCUT2D eigenvalue weighted by Gasteiger charge is -2.17. The summed E-state index contributed by atoms with van der Waals surface area (Å²) in [7, 11) is 0. The predicted molar refractivity (Wildman–Crippen MR) is 94.4 cm³/mol. The Bertz CT molecular complexity index is 862. The lowest BCUT2D eigenvalue weighted by Crippen LogP contribution is -2.17. The van der Waals surface area contributed by atoms with Gasteiger partial charge in [0.05, 0.1) is 0 Å². The molecule has 3 aromatic rings. The van der Waals surface area contributed by atoms with Crippen LogP contribution in [0.15, 0.2) is 78.9 Å². The number of rotatable bonds is 6. The molecule has 0 aliphatic carbocycles. The molecule has 3 nitrogen and oxygen atoms in total. The van der Waals surface area contributed by atoms with Crippen LogP contribution in [0.2, 0.25) is 0 Å². The van der Waals surface area contributed by atoms with E-state index in [4.69, 9.17) is 4.74 Å². The SMILES string of the molecule is OC(c1ccc(OC(F)(F)F)cc1)c1ccccc1OCc1ccccc1. The molecule has 1 atom stereocenters. The lowest BCUT2D eigenvalue weighted by atomic mass is 10.0. The summed E-state index contributed by atoms with van der Waals surface area (Å²) in [6.07, 6.45) is -5.80. The molecule has 140 valence electrons. The lowest BCUT2D eigenvalue weighted by molar-refractivity contribution is -0.274. The molecule has 1 N–H and O–H groups in total. The summed E-state index contributed by atoms with van der Waals surface area (Å²) in [5.41, 5.74) is 1.94. The maximum Gasteiger partial charge on any atom is 0.573 e. The van der Waals surface area contributed by atoms with Crippen LogP contribution in [0.25, 0.3) is 0 Å². The Hall–Kier alpha value is -2.99. The minimum Gasteiger partial charge on any atom is -0.489 e. The van der Waals surface area contributed by atoms with Gasteiger partial charge in [-0.15, -0.1) is 13.2 Å². The van der Waals surface area contributed by atoms with Crippen LogP contribution in [-0.2, 0) is 6.61 Å². The summed E-state index contributed by atoms with van der Waals surface area (Å²) in [5.74, 6) is 0.163. The van der Waals surface area contributed by atoms with E-state index in [1.165, 1.54) is 24.3 Å². The Morgan fingerprint density at radius 2 is 1.44 bits per heavy atom. The van der Waals surface area contributed by atoms with E-state index in [-0.39, 0.29) is 5.75 Å². The van der Waals surface area contributed by atoms with Crippen molar-refractivity contribution in [3.8, 4) is 11.5 Å². The molecule has 0 aromatic heterocycles. The van der Waals surface area contributed by atoms with Crippen molar-refractivity contribution in [3.63, 3.8) is 0 Å². The van der Waals surface area contributed by atoms with E-state index in [0.717, 1.165) is 5.56 Å². The average Bonchev–Trinajstić information content (AvgIpc) is 2.66. The van der Waals surface area contributed by atoms with E-state index in [0.29, 0.717) is 23.5 Å². The van der Waals surface area contributed by atoms with Gasteiger partial charge in [-0.05, 0) is 29.3 Å². The number of aliphatic hydroxyl groups is 1. The quantitative estimate of drug-likeness (QED) is 0.641. The van der Waals surface area contributed by atoms with Gasteiger partial charge < -0.3 is 14.6 Å². The maximum atomic E-state index is 12.3. The first-order valence-electron chi connectivity index (χ1n) is 8.22. The van der Waals surface area contributed by atoms with E-state index >= 15 is 0 Å². The molecule has 1 unspecified atom stereocenters. The highest BCUT2D eigenvalue weighted by Crippen LogP contribution is 2.32. The highest BCUT2D eigenvalue weighted by Gasteiger charge is 2.31. The van der Waals surface area contributed by atoms with Crippen LogP contribution in [0.3, 0.4) is 0 Å². The maximum absolute atomic E-state index is 12.3. The topological polar surface area (TPSA) is 38.7 Å². The van der Waals surface area contributed by atoms with Crippen LogP contribution in [0.4, 0.5) is 13.2 Å². The van der Waals surface area contributed by atoms with Crippen LogP contribution in [-0.4, -0.2) is 11.5 Å². The molecule has 6 heteroatoms. The number of benzene rings is 3. The van der Waals surface area contributed by atoms with Gasteiger partial charge in [0.1, 0.15) is 24.2 Å². The van der Waals surface area contributed by atoms with Gasteiger partial charge in [0.15, 0.2) is 0 Å². The molecule has 0 saturated heterocycles. The first kappa shape index (κ1) is 18.8. The standard InChI is InChI=1S/C21H17F3O3/c22-21(23,24)27-17-12-10-16(11-13-17)20(25)18-8-4-5-9-19(18)26-14-15-6-2-1-3-7-15/h1-13,20,25H,14H2. The zero-order valence-electron chi connectivity index (χ0n) is 14.2. The number of aliphatic hydroxyl groups excluding tert-OH is 1. The van der Waals surface area contributed by atoms with E-state index in [1.54, 1.807) is 24.3 Å². The Labute approximate surface area is 154 Å². The van der Waals surface area contributed by atoms with Crippen LogP contribution in [0, 0.1) is 0 Å². The molecule has 0 aliphatic rings. The molecule has 0 aliphatic heterocycles. The van der Waals surface area contributed by atoms with E-state index in [9.17, 15) is 18.3 Å². The summed E-state index contributed by atoms with van der Waals surface area (Å²) in [4.78, 5) is 0. The first-order chi connectivity index (χ1) is 12.9. The first-order valence-corrected chi connectivity index (χ1v) is 8.22. The van der Waals surface area contributed by atoms with Crippen LogP contribution < -0.4 is 9.47 Å². The average molecular weight is 374 g/mol. The molecule has 3 aromatic carbocycles. The van der Waals surface area contributed by atoms with Gasteiger partial charge in [-0.3, -0.25) is 0 Å². The molecule has 0 spiro atoms. The van der Waals surface area contributed by atoms with Crippen LogP contribution >= 0.6 is 0 Å². The van der Waals surface area contributed by atoms with Crippen molar-refractivity contribution in [2.75, 3.05) is 0 Å². The minimum atomic E-state index is -4.75. The van der Waals surface area contributed by atoms with Gasteiger partial charge in [-0.1, -0.05) is 60.7 Å². The highest BCUT2D eigenvalue weighted by molar-refractivity contribution is 5.41. The van der Waals surface area contributed by atoms with Gasteiger partial charge in [0.2, 0.25) is 0 Å². The van der Waals surface area contributed by atoms with Gasteiger partial charge in [0, 0.05) is 5.56 Å². The van der Waals surface area contributed by atoms with Crippen molar-refractivity contribution in [2.45, 2.75) is 19.1 Å². The van der Waals surface area contributed by atoms with Crippen molar-refractivity contribution in [1.82, 2.24) is 0 Å². The number of ether oxygens (including phenoxy) is 2. The molecule has 0 saturated carbocycles. The second kappa shape index (κ2) is 8.14. The summed E-state index contributed by atoms with van der Waals surface area (Å²) in [6.45, 7) is 0.336. The number of hydrogen-bond acceptors (Lipinski definition) is 3. The normalized spacial score (nSPS) is 12.4. The largest absolute Gasteiger partial charge is 0.573 e. The Morgan fingerprint density at radius 3 is 2.11 bits per heavy atom. The summed E-state index contributed by atoms with van der Waals surface area (Å²) in [6, 6.07) is 21.7. The van der Waals surface area contributed by atoms with Crippen molar-refractivity contribution < 1.29 is 27.8 Å². The van der Waals surface area contributed by atoms with Gasteiger partial charge in [-0.2, -0.15) is 0 Å². The minimum absolute atomic E-state index is 0.336. The van der Waals surface area contributed by atoms with Crippen molar-refractivity contribution in [3.05, 3.63) is 95.6 Å². The zero-order chi connectivity index (χ0) is 19.3. The monoisotopic (exact) mass is 374 g/mol. The van der Waals surface area contributed by atoms with Crippen molar-refractivity contribution in [2.24, 2.45) is 0 Å². The van der Waals surface area contributed by atoms with Crippen LogP contribution in [0.1, 0.15) is 22.8 Å². The second-order valence-electron chi connectivity index (χ2n) is 5.83. The second-order valence-corrected chi connectivity index (χ2v) is 5.83. The number of para-hydroxylation sites is 1. The van der Waals surface area contributed by atoms with E-state index in [1.807, 2.05) is 30.3 Å². The number of alkyl halides is 3. The molecule has 0 amide bonds. The van der Waals surface area contributed by atoms with Crippen molar-refractivity contribution in [1.29, 1.82) is 0 Å². The molecular formula is C21H17F3O3. The fourth-order valence-electron chi connectivity index (χ4n) is 2.60. The molecule has 0 bridgehead atoms. The Morgan fingerprint density at radius 1 is 0.815 bits per heavy atom. The predicted octanol–water partition coefficient (Wildman–Crippen LogP) is 5.25. The fraction of sp³-hybridized carbons (Fsp3) is 0.143. The number of halogens is 3. The zero-order valence-corrected chi connectivity index (χ0v) is 14.2. The molecular weight excluding hydrogens is 357 g/mol. The van der Waals surface area contributed by atoms with Crippen LogP contribution in [0.5, 0.6) is 11.5 Å². The highest BCUT2D eigenvalue weighted by atomic mass is 19.4. The smallest absolute Gasteiger partial charge is 0.489 e. The third-order valence-corrected chi connectivity index (χ3v) is 3.88. The van der Waals surface area contributed by atoms with Gasteiger partial charge in [-0.25, -0.2) is 0 Å². The third-order valence-electron chi connectivity index (χ3n) is 3.88. The molecule has 27 heavy (non-hydrogen) atoms. The Balaban J connectivity index is 1.75. The molecule has 0 radical (unpaired) electrons. The molecule has 3 rings (SSSR count). The summed E-state index contributed by atoms with van der Waals surface area (Å²) in [5, 5.41) is 10.7.